The monoisotopic (exact) mass is 419 g/mol. The van der Waals surface area contributed by atoms with Gasteiger partial charge in [0.15, 0.2) is 17.3 Å². The average molecular weight is 419 g/mol. The lowest BCUT2D eigenvalue weighted by molar-refractivity contribution is -0.116. The summed E-state index contributed by atoms with van der Waals surface area (Å²) in [5, 5.41) is 3.07. The molecule has 0 bridgehead atoms. The fraction of sp³-hybridized carbons (Fsp3) is 0.381. The Labute approximate surface area is 174 Å². The molecule has 0 saturated carbocycles. The molecule has 1 aromatic carbocycles. The molecule has 2 aromatic rings. The van der Waals surface area contributed by atoms with E-state index in [1.807, 2.05) is 12.1 Å². The quantitative estimate of drug-likeness (QED) is 0.352. The van der Waals surface area contributed by atoms with Gasteiger partial charge < -0.3 is 19.5 Å². The Balaban J connectivity index is 1.98. The molecule has 7 nitrogen and oxygen atoms in total. The third kappa shape index (κ3) is 5.80. The Morgan fingerprint density at radius 1 is 1.14 bits per heavy atom. The smallest absolute Gasteiger partial charge is 0.341 e. The van der Waals surface area contributed by atoms with Gasteiger partial charge in [0.2, 0.25) is 5.91 Å². The summed E-state index contributed by atoms with van der Waals surface area (Å²) >= 11 is 1.09. The van der Waals surface area contributed by atoms with Crippen LogP contribution in [-0.2, 0) is 9.53 Å². The predicted octanol–water partition coefficient (Wildman–Crippen LogP) is 4.24. The number of hydrogen-bond acceptors (Lipinski definition) is 7. The summed E-state index contributed by atoms with van der Waals surface area (Å²) in [7, 11) is 1.56. The van der Waals surface area contributed by atoms with E-state index in [-0.39, 0.29) is 30.3 Å². The van der Waals surface area contributed by atoms with Crippen LogP contribution in [0.15, 0.2) is 24.3 Å². The number of carbonyl (C=O) groups is 3. The summed E-state index contributed by atoms with van der Waals surface area (Å²) in [6.07, 6.45) is 0.673. The van der Waals surface area contributed by atoms with Crippen LogP contribution < -0.4 is 14.8 Å². The highest BCUT2D eigenvalue weighted by atomic mass is 32.1. The standard InChI is InChI=1S/C21H25NO6S/c1-5-27-21(25)18-13(2)19(14(3)23)29-20(18)22-17(24)11-8-12-28-16-10-7-6-9-15(16)26-4/h6-7,9-10H,5,8,11-12H2,1-4H3,(H,22,24). The zero-order chi connectivity index (χ0) is 21.4. The van der Waals surface area contributed by atoms with E-state index in [4.69, 9.17) is 14.2 Å². The second-order valence-electron chi connectivity index (χ2n) is 6.19. The molecule has 0 atom stereocenters. The van der Waals surface area contributed by atoms with Crippen molar-refractivity contribution in [2.24, 2.45) is 0 Å². The van der Waals surface area contributed by atoms with Crippen molar-refractivity contribution >= 4 is 34.0 Å². The van der Waals surface area contributed by atoms with Crippen molar-refractivity contribution in [1.29, 1.82) is 0 Å². The first-order valence-electron chi connectivity index (χ1n) is 9.26. The number of nitrogens with one attached hydrogen (secondary N) is 1. The number of ketones is 1. The largest absolute Gasteiger partial charge is 0.493 e. The topological polar surface area (TPSA) is 90.9 Å². The van der Waals surface area contributed by atoms with Gasteiger partial charge in [-0.25, -0.2) is 4.79 Å². The van der Waals surface area contributed by atoms with Crippen molar-refractivity contribution in [2.45, 2.75) is 33.6 Å². The number of anilines is 1. The van der Waals surface area contributed by atoms with Crippen LogP contribution in [-0.4, -0.2) is 38.0 Å². The molecule has 0 unspecified atom stereocenters. The molecule has 0 aliphatic rings. The zero-order valence-corrected chi connectivity index (χ0v) is 17.8. The van der Waals surface area contributed by atoms with Crippen molar-refractivity contribution in [3.8, 4) is 11.5 Å². The van der Waals surface area contributed by atoms with Crippen LogP contribution in [0.2, 0.25) is 0 Å². The number of Topliss-reactive ketones (excluding diaryl/α,β-unsaturated/α-hetero) is 1. The van der Waals surface area contributed by atoms with Crippen LogP contribution in [0.25, 0.3) is 0 Å². The molecular formula is C21H25NO6S. The first kappa shape index (κ1) is 22.4. The molecule has 156 valence electrons. The zero-order valence-electron chi connectivity index (χ0n) is 17.0. The summed E-state index contributed by atoms with van der Waals surface area (Å²) in [5.74, 6) is 0.254. The fourth-order valence-corrected chi connectivity index (χ4v) is 3.83. The molecule has 0 radical (unpaired) electrons. The Hall–Kier alpha value is -2.87. The third-order valence-corrected chi connectivity index (χ3v) is 5.38. The maximum atomic E-state index is 12.3. The van der Waals surface area contributed by atoms with Gasteiger partial charge in [-0.15, -0.1) is 11.3 Å². The summed E-state index contributed by atoms with van der Waals surface area (Å²) in [6.45, 7) is 5.34. The molecule has 0 aliphatic carbocycles. The maximum Gasteiger partial charge on any atom is 0.341 e. The number of amides is 1. The molecule has 0 aliphatic heterocycles. The molecule has 0 saturated heterocycles. The van der Waals surface area contributed by atoms with E-state index >= 15 is 0 Å². The van der Waals surface area contributed by atoms with Gasteiger partial charge in [0.25, 0.3) is 0 Å². The molecule has 1 amide bonds. The number of thiophene rings is 1. The number of methoxy groups -OCH3 is 1. The second kappa shape index (κ2) is 10.6. The Morgan fingerprint density at radius 3 is 2.45 bits per heavy atom. The first-order chi connectivity index (χ1) is 13.9. The van der Waals surface area contributed by atoms with Crippen molar-refractivity contribution in [3.63, 3.8) is 0 Å². The first-order valence-corrected chi connectivity index (χ1v) is 10.1. The van der Waals surface area contributed by atoms with Crippen molar-refractivity contribution < 1.29 is 28.6 Å². The highest BCUT2D eigenvalue weighted by Crippen LogP contribution is 2.34. The minimum absolute atomic E-state index is 0.163. The molecule has 8 heteroatoms. The number of ether oxygens (including phenoxy) is 3. The fourth-order valence-electron chi connectivity index (χ4n) is 2.73. The second-order valence-corrected chi connectivity index (χ2v) is 7.21. The predicted molar refractivity (Wildman–Crippen MR) is 111 cm³/mol. The summed E-state index contributed by atoms with van der Waals surface area (Å²) in [4.78, 5) is 36.9. The van der Waals surface area contributed by atoms with E-state index in [1.165, 1.54) is 6.92 Å². The normalized spacial score (nSPS) is 10.3. The van der Waals surface area contributed by atoms with Gasteiger partial charge in [0.1, 0.15) is 5.00 Å². The van der Waals surface area contributed by atoms with Gasteiger partial charge >= 0.3 is 5.97 Å². The van der Waals surface area contributed by atoms with Crippen LogP contribution in [0.4, 0.5) is 5.00 Å². The molecule has 1 N–H and O–H groups in total. The lowest BCUT2D eigenvalue weighted by atomic mass is 10.1. The Morgan fingerprint density at radius 2 is 1.83 bits per heavy atom. The highest BCUT2D eigenvalue weighted by Gasteiger charge is 2.25. The van der Waals surface area contributed by atoms with Crippen LogP contribution in [0.3, 0.4) is 0 Å². The molecule has 1 heterocycles. The number of carbonyl (C=O) groups excluding carboxylic acids is 3. The highest BCUT2D eigenvalue weighted by molar-refractivity contribution is 7.18. The average Bonchev–Trinajstić information content (AvgIpc) is 3.01. The number of para-hydroxylation sites is 2. The van der Waals surface area contributed by atoms with Crippen LogP contribution in [0.1, 0.15) is 52.3 Å². The maximum absolute atomic E-state index is 12.3. The minimum atomic E-state index is -0.552. The van der Waals surface area contributed by atoms with Gasteiger partial charge in [-0.2, -0.15) is 0 Å². The van der Waals surface area contributed by atoms with E-state index < -0.39 is 5.97 Å². The Bertz CT molecular complexity index is 889. The van der Waals surface area contributed by atoms with Crippen molar-refractivity contribution in [2.75, 3.05) is 25.6 Å². The van der Waals surface area contributed by atoms with Gasteiger partial charge in [0.05, 0.1) is 30.8 Å². The molecule has 1 aromatic heterocycles. The van der Waals surface area contributed by atoms with Gasteiger partial charge in [0, 0.05) is 6.42 Å². The Kier molecular flexibility index (Phi) is 8.21. The molecule has 29 heavy (non-hydrogen) atoms. The molecule has 0 spiro atoms. The van der Waals surface area contributed by atoms with Crippen LogP contribution >= 0.6 is 11.3 Å². The molecular weight excluding hydrogens is 394 g/mol. The van der Waals surface area contributed by atoms with E-state index in [9.17, 15) is 14.4 Å². The van der Waals surface area contributed by atoms with Gasteiger partial charge in [-0.05, 0) is 44.9 Å². The number of rotatable bonds is 10. The van der Waals surface area contributed by atoms with Crippen molar-refractivity contribution in [1.82, 2.24) is 0 Å². The summed E-state index contributed by atoms with van der Waals surface area (Å²) in [5.41, 5.74) is 0.761. The third-order valence-electron chi connectivity index (χ3n) is 4.07. The number of hydrogen-bond donors (Lipinski definition) is 1. The lowest BCUT2D eigenvalue weighted by Gasteiger charge is -2.10. The summed E-state index contributed by atoms with van der Waals surface area (Å²) in [6, 6.07) is 7.28. The molecule has 2 rings (SSSR count). The lowest BCUT2D eigenvalue weighted by Crippen LogP contribution is -2.15. The van der Waals surface area contributed by atoms with Crippen molar-refractivity contribution in [3.05, 3.63) is 40.3 Å². The van der Waals surface area contributed by atoms with E-state index in [0.29, 0.717) is 40.0 Å². The van der Waals surface area contributed by atoms with Gasteiger partial charge in [-0.1, -0.05) is 12.1 Å². The number of esters is 1. The SMILES string of the molecule is CCOC(=O)c1c(NC(=O)CCCOc2ccccc2OC)sc(C(C)=O)c1C. The van der Waals surface area contributed by atoms with E-state index in [2.05, 4.69) is 5.32 Å². The van der Waals surface area contributed by atoms with Crippen LogP contribution in [0.5, 0.6) is 11.5 Å². The summed E-state index contributed by atoms with van der Waals surface area (Å²) < 4.78 is 15.9. The molecule has 0 fully saturated rings. The van der Waals surface area contributed by atoms with Gasteiger partial charge in [-0.3, -0.25) is 9.59 Å². The number of benzene rings is 1. The van der Waals surface area contributed by atoms with E-state index in [1.54, 1.807) is 33.1 Å². The van der Waals surface area contributed by atoms with Crippen LogP contribution in [0, 0.1) is 6.92 Å². The van der Waals surface area contributed by atoms with E-state index in [0.717, 1.165) is 11.3 Å². The minimum Gasteiger partial charge on any atom is -0.493 e.